The highest BCUT2D eigenvalue weighted by atomic mass is 32.2. The zero-order valence-electron chi connectivity index (χ0n) is 19.8. The van der Waals surface area contributed by atoms with Crippen LogP contribution in [0.15, 0.2) is 57.8 Å². The maximum Gasteiger partial charge on any atom is 0.268 e. The summed E-state index contributed by atoms with van der Waals surface area (Å²) >= 11 is 0. The van der Waals surface area contributed by atoms with Gasteiger partial charge in [-0.15, -0.1) is 10.2 Å². The molecule has 4 aromatic rings. The maximum absolute atomic E-state index is 13.4. The molecule has 8 nitrogen and oxygen atoms in total. The van der Waals surface area contributed by atoms with Gasteiger partial charge < -0.3 is 4.42 Å². The van der Waals surface area contributed by atoms with Crippen molar-refractivity contribution < 1.29 is 17.2 Å². The van der Waals surface area contributed by atoms with Gasteiger partial charge in [-0.2, -0.15) is 9.40 Å². The molecular weight excluding hydrogens is 469 g/mol. The highest BCUT2D eigenvalue weighted by molar-refractivity contribution is 7.89. The molecule has 0 unspecified atom stereocenters. The molecule has 0 fully saturated rings. The predicted molar refractivity (Wildman–Crippen MR) is 128 cm³/mol. The Morgan fingerprint density at radius 1 is 1.03 bits per heavy atom. The average molecular weight is 496 g/mol. The SMILES string of the molecule is CC(C)Cc1ccc(S(=O)(=O)N2CCc3c(c(-c4nnc(-c5ccc(F)cc5)o4)nn3C)C2)cc1. The molecule has 1 aliphatic heterocycles. The number of hydrogen-bond donors (Lipinski definition) is 0. The molecule has 0 radical (unpaired) electrons. The Morgan fingerprint density at radius 3 is 2.40 bits per heavy atom. The number of fused-ring (bicyclic) bond motifs is 1. The van der Waals surface area contributed by atoms with Crippen molar-refractivity contribution in [3.63, 3.8) is 0 Å². The second-order valence-corrected chi connectivity index (χ2v) is 11.1. The number of aryl methyl sites for hydroxylation is 1. The fourth-order valence-corrected chi connectivity index (χ4v) is 5.80. The summed E-state index contributed by atoms with van der Waals surface area (Å²) in [6.07, 6.45) is 1.42. The number of aromatic nitrogens is 4. The van der Waals surface area contributed by atoms with Crippen LogP contribution in [0.3, 0.4) is 0 Å². The summed E-state index contributed by atoms with van der Waals surface area (Å²) in [4.78, 5) is 0.273. The van der Waals surface area contributed by atoms with Crippen molar-refractivity contribution in [2.75, 3.05) is 6.54 Å². The van der Waals surface area contributed by atoms with Gasteiger partial charge in [0.15, 0.2) is 5.69 Å². The van der Waals surface area contributed by atoms with E-state index in [0.29, 0.717) is 30.1 Å². The van der Waals surface area contributed by atoms with E-state index in [1.807, 2.05) is 19.2 Å². The summed E-state index contributed by atoms with van der Waals surface area (Å²) in [6.45, 7) is 4.77. The van der Waals surface area contributed by atoms with Crippen LogP contribution in [0.5, 0.6) is 0 Å². The lowest BCUT2D eigenvalue weighted by Crippen LogP contribution is -2.36. The van der Waals surface area contributed by atoms with Gasteiger partial charge in [0.05, 0.1) is 4.90 Å². The van der Waals surface area contributed by atoms with Crippen LogP contribution in [0.4, 0.5) is 4.39 Å². The lowest BCUT2D eigenvalue weighted by Gasteiger charge is -2.26. The van der Waals surface area contributed by atoms with Crippen LogP contribution in [0.2, 0.25) is 0 Å². The van der Waals surface area contributed by atoms with Gasteiger partial charge in [-0.25, -0.2) is 12.8 Å². The van der Waals surface area contributed by atoms with Crippen molar-refractivity contribution in [3.05, 3.63) is 71.2 Å². The van der Waals surface area contributed by atoms with Gasteiger partial charge in [-0.1, -0.05) is 26.0 Å². The molecule has 2 aromatic heterocycles. The summed E-state index contributed by atoms with van der Waals surface area (Å²) in [5.74, 6) is 0.568. The molecule has 2 aromatic carbocycles. The van der Waals surface area contributed by atoms with Crippen molar-refractivity contribution in [1.29, 1.82) is 0 Å². The third-order valence-corrected chi connectivity index (χ3v) is 7.99. The zero-order chi connectivity index (χ0) is 24.7. The average Bonchev–Trinajstić information content (AvgIpc) is 3.44. The first kappa shape index (κ1) is 23.4. The molecular formula is C25H26FN5O3S. The molecule has 0 aliphatic carbocycles. The van der Waals surface area contributed by atoms with Crippen molar-refractivity contribution in [2.24, 2.45) is 13.0 Å². The van der Waals surface area contributed by atoms with E-state index >= 15 is 0 Å². The predicted octanol–water partition coefficient (Wildman–Crippen LogP) is 4.22. The van der Waals surface area contributed by atoms with E-state index in [2.05, 4.69) is 29.1 Å². The fourth-order valence-electron chi connectivity index (χ4n) is 4.39. The van der Waals surface area contributed by atoms with Gasteiger partial charge >= 0.3 is 0 Å². The van der Waals surface area contributed by atoms with Crippen LogP contribution in [-0.4, -0.2) is 39.2 Å². The lowest BCUT2D eigenvalue weighted by molar-refractivity contribution is 0.386. The van der Waals surface area contributed by atoms with E-state index < -0.39 is 10.0 Å². The van der Waals surface area contributed by atoms with E-state index in [1.165, 1.54) is 16.4 Å². The van der Waals surface area contributed by atoms with Gasteiger partial charge in [-0.05, 0) is 54.3 Å². The maximum atomic E-state index is 13.4. The van der Waals surface area contributed by atoms with Crippen LogP contribution in [0.1, 0.15) is 30.7 Å². The number of rotatable bonds is 6. The molecule has 0 spiro atoms. The summed E-state index contributed by atoms with van der Waals surface area (Å²) in [5.41, 5.74) is 3.83. The Hall–Kier alpha value is -3.37. The number of sulfonamides is 1. The minimum absolute atomic E-state index is 0.156. The summed E-state index contributed by atoms with van der Waals surface area (Å²) in [7, 11) is -1.87. The Balaban J connectivity index is 1.43. The van der Waals surface area contributed by atoms with Crippen molar-refractivity contribution >= 4 is 10.0 Å². The van der Waals surface area contributed by atoms with Crippen LogP contribution < -0.4 is 0 Å². The zero-order valence-corrected chi connectivity index (χ0v) is 20.6. The largest absolute Gasteiger partial charge is 0.415 e. The molecule has 0 amide bonds. The molecule has 3 heterocycles. The summed E-state index contributed by atoms with van der Waals surface area (Å²) in [5, 5.41) is 12.8. The standard InChI is InChI=1S/C25H26FN5O3S/c1-16(2)14-17-4-10-20(11-5-17)35(32,33)31-13-12-22-21(15-31)23(29-30(22)3)25-28-27-24(34-25)18-6-8-19(26)9-7-18/h4-11,16H,12-15H2,1-3H3. The monoisotopic (exact) mass is 495 g/mol. The third-order valence-electron chi connectivity index (χ3n) is 6.13. The number of benzene rings is 2. The van der Waals surface area contributed by atoms with Gasteiger partial charge in [0.25, 0.3) is 5.89 Å². The Labute approximate surface area is 203 Å². The van der Waals surface area contributed by atoms with Gasteiger partial charge in [0.1, 0.15) is 5.82 Å². The van der Waals surface area contributed by atoms with Crippen LogP contribution in [-0.2, 0) is 36.5 Å². The number of hydrogen-bond acceptors (Lipinski definition) is 6. The topological polar surface area (TPSA) is 94.1 Å². The molecule has 1 aliphatic rings. The number of halogens is 1. The van der Waals surface area contributed by atoms with E-state index in [4.69, 9.17) is 4.42 Å². The quantitative estimate of drug-likeness (QED) is 0.398. The first-order chi connectivity index (χ1) is 16.7. The molecule has 0 saturated carbocycles. The van der Waals surface area contributed by atoms with Crippen LogP contribution >= 0.6 is 0 Å². The lowest BCUT2D eigenvalue weighted by atomic mass is 10.0. The molecule has 0 saturated heterocycles. The normalized spacial score (nSPS) is 14.4. The van der Waals surface area contributed by atoms with E-state index in [-0.39, 0.29) is 29.0 Å². The molecule has 182 valence electrons. The first-order valence-electron chi connectivity index (χ1n) is 11.5. The van der Waals surface area contributed by atoms with Gasteiger partial charge in [0, 0.05) is 43.4 Å². The molecule has 5 rings (SSSR count). The molecule has 10 heteroatoms. The second kappa shape index (κ2) is 9.01. The van der Waals surface area contributed by atoms with Crippen molar-refractivity contribution in [1.82, 2.24) is 24.3 Å². The van der Waals surface area contributed by atoms with E-state index in [1.54, 1.807) is 28.9 Å². The van der Waals surface area contributed by atoms with Crippen LogP contribution in [0.25, 0.3) is 23.0 Å². The van der Waals surface area contributed by atoms with Crippen molar-refractivity contribution in [3.8, 4) is 23.0 Å². The summed E-state index contributed by atoms with van der Waals surface area (Å²) < 4.78 is 49.1. The highest BCUT2D eigenvalue weighted by Crippen LogP contribution is 2.33. The molecule has 35 heavy (non-hydrogen) atoms. The molecule has 0 N–H and O–H groups in total. The Morgan fingerprint density at radius 2 is 1.71 bits per heavy atom. The van der Waals surface area contributed by atoms with Crippen LogP contribution in [0, 0.1) is 11.7 Å². The fraction of sp³-hybridized carbons (Fsp3) is 0.320. The molecule has 0 bridgehead atoms. The Kier molecular flexibility index (Phi) is 6.02. The molecule has 0 atom stereocenters. The third kappa shape index (κ3) is 4.51. The van der Waals surface area contributed by atoms with Crippen molar-refractivity contribution in [2.45, 2.75) is 38.1 Å². The minimum Gasteiger partial charge on any atom is -0.415 e. The van der Waals surface area contributed by atoms with E-state index in [9.17, 15) is 12.8 Å². The van der Waals surface area contributed by atoms with E-state index in [0.717, 1.165) is 23.2 Å². The van der Waals surface area contributed by atoms with Gasteiger partial charge in [0.2, 0.25) is 15.9 Å². The van der Waals surface area contributed by atoms with Gasteiger partial charge in [-0.3, -0.25) is 4.68 Å². The smallest absolute Gasteiger partial charge is 0.268 e. The number of nitrogens with zero attached hydrogens (tertiary/aromatic N) is 5. The first-order valence-corrected chi connectivity index (χ1v) is 12.9. The summed E-state index contributed by atoms with van der Waals surface area (Å²) in [6, 6.07) is 12.9. The second-order valence-electron chi connectivity index (χ2n) is 9.15. The highest BCUT2D eigenvalue weighted by Gasteiger charge is 2.33. The minimum atomic E-state index is -3.69. The Bertz CT molecular complexity index is 1460.